The van der Waals surface area contributed by atoms with Crippen LogP contribution in [0.3, 0.4) is 0 Å². The van der Waals surface area contributed by atoms with Crippen molar-refractivity contribution in [3.63, 3.8) is 0 Å². The number of carbonyl (C=O) groups is 1. The van der Waals surface area contributed by atoms with Crippen LogP contribution in [0.4, 0.5) is 0 Å². The molecule has 86 valence electrons. The summed E-state index contributed by atoms with van der Waals surface area (Å²) in [6.07, 6.45) is 0.807. The molecule has 17 heavy (non-hydrogen) atoms. The number of halogens is 1. The average Bonchev–Trinajstić information content (AvgIpc) is 2.38. The quantitative estimate of drug-likeness (QED) is 0.770. The fourth-order valence-corrected chi connectivity index (χ4v) is 1.93. The highest BCUT2D eigenvalue weighted by Gasteiger charge is 2.08. The number of benzene rings is 2. The van der Waals surface area contributed by atoms with Gasteiger partial charge in [0, 0.05) is 16.1 Å². The maximum Gasteiger partial charge on any atom is 0.150 e. The van der Waals surface area contributed by atoms with Gasteiger partial charge in [0.15, 0.2) is 6.29 Å². The minimum absolute atomic E-state index is 0.567. The van der Waals surface area contributed by atoms with E-state index in [0.29, 0.717) is 16.3 Å². The Morgan fingerprint density at radius 3 is 2.53 bits per heavy atom. The van der Waals surface area contributed by atoms with Crippen molar-refractivity contribution in [2.75, 3.05) is 7.11 Å². The first-order valence-corrected chi connectivity index (χ1v) is 5.52. The molecule has 3 heteroatoms. The Balaban J connectivity index is 2.60. The number of rotatable bonds is 3. The molecular weight excluding hydrogens is 236 g/mol. The highest BCUT2D eigenvalue weighted by Crippen LogP contribution is 2.31. The van der Waals surface area contributed by atoms with E-state index >= 15 is 0 Å². The fraction of sp³-hybridized carbons (Fsp3) is 0.0714. The molecular formula is C14H11ClO2. The molecule has 0 spiro atoms. The maximum absolute atomic E-state index is 11.1. The second kappa shape index (κ2) is 5.02. The Kier molecular flexibility index (Phi) is 3.45. The summed E-state index contributed by atoms with van der Waals surface area (Å²) < 4.78 is 5.09. The van der Waals surface area contributed by atoms with E-state index < -0.39 is 0 Å². The number of ether oxygens (including phenoxy) is 1. The molecule has 2 rings (SSSR count). The maximum atomic E-state index is 11.1. The normalized spacial score (nSPS) is 10.0. The minimum atomic E-state index is 0.567. The van der Waals surface area contributed by atoms with Crippen molar-refractivity contribution in [2.24, 2.45) is 0 Å². The third kappa shape index (κ3) is 2.32. The molecule has 0 bridgehead atoms. The summed E-state index contributed by atoms with van der Waals surface area (Å²) >= 11 is 6.11. The van der Waals surface area contributed by atoms with Crippen LogP contribution in [0.5, 0.6) is 5.75 Å². The number of hydrogen-bond donors (Lipinski definition) is 0. The lowest BCUT2D eigenvalue weighted by Gasteiger charge is -2.08. The van der Waals surface area contributed by atoms with Gasteiger partial charge in [-0.1, -0.05) is 29.8 Å². The zero-order valence-corrected chi connectivity index (χ0v) is 10.1. The average molecular weight is 247 g/mol. The fourth-order valence-electron chi connectivity index (χ4n) is 1.69. The molecule has 2 nitrogen and oxygen atoms in total. The van der Waals surface area contributed by atoms with Crippen molar-refractivity contribution in [2.45, 2.75) is 0 Å². The van der Waals surface area contributed by atoms with Gasteiger partial charge in [-0.25, -0.2) is 0 Å². The molecule has 2 aromatic rings. The van der Waals surface area contributed by atoms with Crippen LogP contribution in [-0.4, -0.2) is 13.4 Å². The third-order valence-corrected chi connectivity index (χ3v) is 2.88. The Bertz CT molecular complexity index is 550. The molecule has 2 aromatic carbocycles. The molecule has 0 heterocycles. The smallest absolute Gasteiger partial charge is 0.150 e. The van der Waals surface area contributed by atoms with Gasteiger partial charge in [0.2, 0.25) is 0 Å². The van der Waals surface area contributed by atoms with Gasteiger partial charge in [0.05, 0.1) is 7.11 Å². The molecule has 0 aliphatic heterocycles. The first-order valence-electron chi connectivity index (χ1n) is 5.14. The molecule has 0 fully saturated rings. The van der Waals surface area contributed by atoms with Gasteiger partial charge in [0.1, 0.15) is 5.75 Å². The standard InChI is InChI=1S/C14H11ClO2/c1-17-11-6-7-12(10(8-11)9-16)13-4-2-3-5-14(13)15/h2-9H,1H3. The van der Waals surface area contributed by atoms with E-state index in [1.165, 1.54) is 0 Å². The van der Waals surface area contributed by atoms with Crippen molar-refractivity contribution < 1.29 is 9.53 Å². The van der Waals surface area contributed by atoms with Crippen molar-refractivity contribution in [3.05, 3.63) is 53.1 Å². The summed E-state index contributed by atoms with van der Waals surface area (Å²) in [5, 5.41) is 0.626. The molecule has 0 aromatic heterocycles. The van der Waals surface area contributed by atoms with Gasteiger partial charge in [-0.05, 0) is 29.8 Å². The molecule has 0 N–H and O–H groups in total. The monoisotopic (exact) mass is 246 g/mol. The Morgan fingerprint density at radius 2 is 1.88 bits per heavy atom. The predicted octanol–water partition coefficient (Wildman–Crippen LogP) is 3.83. The van der Waals surface area contributed by atoms with Gasteiger partial charge in [0.25, 0.3) is 0 Å². The number of aldehydes is 1. The lowest BCUT2D eigenvalue weighted by atomic mass is 10.00. The van der Waals surface area contributed by atoms with E-state index in [0.717, 1.165) is 17.4 Å². The van der Waals surface area contributed by atoms with E-state index in [-0.39, 0.29) is 0 Å². The summed E-state index contributed by atoms with van der Waals surface area (Å²) in [6.45, 7) is 0. The molecule has 0 unspecified atom stereocenters. The number of carbonyl (C=O) groups excluding carboxylic acids is 1. The van der Waals surface area contributed by atoms with Crippen LogP contribution in [0, 0.1) is 0 Å². The lowest BCUT2D eigenvalue weighted by Crippen LogP contribution is -1.91. The van der Waals surface area contributed by atoms with Crippen molar-refractivity contribution in [3.8, 4) is 16.9 Å². The second-order valence-electron chi connectivity index (χ2n) is 3.55. The third-order valence-electron chi connectivity index (χ3n) is 2.55. The van der Waals surface area contributed by atoms with Gasteiger partial charge >= 0.3 is 0 Å². The van der Waals surface area contributed by atoms with Crippen LogP contribution >= 0.6 is 11.6 Å². The van der Waals surface area contributed by atoms with E-state index in [1.54, 1.807) is 19.2 Å². The van der Waals surface area contributed by atoms with E-state index in [9.17, 15) is 4.79 Å². The Morgan fingerprint density at radius 1 is 1.12 bits per heavy atom. The zero-order chi connectivity index (χ0) is 12.3. The summed E-state index contributed by atoms with van der Waals surface area (Å²) in [4.78, 5) is 11.1. The molecule has 0 saturated carbocycles. The lowest BCUT2D eigenvalue weighted by molar-refractivity contribution is 0.112. The topological polar surface area (TPSA) is 26.3 Å². The highest BCUT2D eigenvalue weighted by atomic mass is 35.5. The summed E-state index contributed by atoms with van der Waals surface area (Å²) in [5.41, 5.74) is 2.22. The van der Waals surface area contributed by atoms with Gasteiger partial charge < -0.3 is 4.74 Å². The van der Waals surface area contributed by atoms with Crippen LogP contribution in [0.1, 0.15) is 10.4 Å². The molecule has 0 saturated heterocycles. The van der Waals surface area contributed by atoms with E-state index in [2.05, 4.69) is 0 Å². The largest absolute Gasteiger partial charge is 0.497 e. The van der Waals surface area contributed by atoms with E-state index in [1.807, 2.05) is 30.3 Å². The van der Waals surface area contributed by atoms with Crippen molar-refractivity contribution >= 4 is 17.9 Å². The second-order valence-corrected chi connectivity index (χ2v) is 3.96. The van der Waals surface area contributed by atoms with Crippen LogP contribution in [0.25, 0.3) is 11.1 Å². The van der Waals surface area contributed by atoms with Gasteiger partial charge in [-0.15, -0.1) is 0 Å². The van der Waals surface area contributed by atoms with Crippen LogP contribution in [-0.2, 0) is 0 Å². The Labute approximate surface area is 105 Å². The molecule has 0 aliphatic carbocycles. The van der Waals surface area contributed by atoms with E-state index in [4.69, 9.17) is 16.3 Å². The predicted molar refractivity (Wildman–Crippen MR) is 68.8 cm³/mol. The molecule has 0 radical (unpaired) electrons. The Hall–Kier alpha value is -1.80. The number of methoxy groups -OCH3 is 1. The van der Waals surface area contributed by atoms with Crippen LogP contribution < -0.4 is 4.74 Å². The summed E-state index contributed by atoms with van der Waals surface area (Å²) in [5.74, 6) is 0.655. The van der Waals surface area contributed by atoms with Crippen LogP contribution in [0.2, 0.25) is 5.02 Å². The minimum Gasteiger partial charge on any atom is -0.497 e. The van der Waals surface area contributed by atoms with Crippen LogP contribution in [0.15, 0.2) is 42.5 Å². The molecule has 0 amide bonds. The zero-order valence-electron chi connectivity index (χ0n) is 9.31. The first-order chi connectivity index (χ1) is 8.26. The SMILES string of the molecule is COc1ccc(-c2ccccc2Cl)c(C=O)c1. The summed E-state index contributed by atoms with van der Waals surface area (Å²) in [6, 6.07) is 12.8. The molecule has 0 atom stereocenters. The van der Waals surface area contributed by atoms with Crippen molar-refractivity contribution in [1.29, 1.82) is 0 Å². The highest BCUT2D eigenvalue weighted by molar-refractivity contribution is 6.33. The van der Waals surface area contributed by atoms with Gasteiger partial charge in [-0.2, -0.15) is 0 Å². The molecule has 0 aliphatic rings. The summed E-state index contributed by atoms with van der Waals surface area (Å²) in [7, 11) is 1.57. The van der Waals surface area contributed by atoms with Crippen molar-refractivity contribution in [1.82, 2.24) is 0 Å². The first kappa shape index (κ1) is 11.7. The van der Waals surface area contributed by atoms with Gasteiger partial charge in [-0.3, -0.25) is 4.79 Å². The number of hydrogen-bond acceptors (Lipinski definition) is 2.